The maximum Gasteiger partial charge on any atom is 0.278 e. The molecule has 0 spiro atoms. The summed E-state index contributed by atoms with van der Waals surface area (Å²) in [5, 5.41) is -0.201. The molecule has 0 unspecified atom stereocenters. The Bertz CT molecular complexity index is 418. The van der Waals surface area contributed by atoms with Crippen molar-refractivity contribution in [2.75, 3.05) is 20.7 Å². The van der Waals surface area contributed by atoms with E-state index in [1.54, 1.807) is 19.1 Å². The lowest BCUT2D eigenvalue weighted by Crippen LogP contribution is -2.23. The van der Waals surface area contributed by atoms with Crippen LogP contribution in [0.4, 0.5) is 4.79 Å². The van der Waals surface area contributed by atoms with Crippen molar-refractivity contribution in [3.63, 3.8) is 0 Å². The molecule has 0 radical (unpaired) electrons. The molecule has 0 fully saturated rings. The van der Waals surface area contributed by atoms with Crippen molar-refractivity contribution in [1.82, 2.24) is 4.90 Å². The average Bonchev–Trinajstić information content (AvgIpc) is 2.29. The van der Waals surface area contributed by atoms with Gasteiger partial charge in [-0.2, -0.15) is 0 Å². The minimum Gasteiger partial charge on any atom is -0.496 e. The largest absolute Gasteiger partial charge is 0.496 e. The Morgan fingerprint density at radius 2 is 2.00 bits per heavy atom. The molecule has 0 atom stereocenters. The second-order valence-electron chi connectivity index (χ2n) is 4.20. The Labute approximate surface area is 108 Å². The average molecular weight is 253 g/mol. The van der Waals surface area contributed by atoms with Gasteiger partial charge in [-0.25, -0.2) is 0 Å². The van der Waals surface area contributed by atoms with E-state index in [1.807, 2.05) is 13.0 Å². The van der Waals surface area contributed by atoms with Crippen LogP contribution in [0, 0.1) is 13.8 Å². The maximum absolute atomic E-state index is 11.0. The molecule has 0 aliphatic rings. The SMILES string of the molecule is COc1cc(C)c(CCN(C)C(=O)S)cc1C. The summed E-state index contributed by atoms with van der Waals surface area (Å²) in [5.41, 5.74) is 3.55. The minimum absolute atomic E-state index is 0.201. The number of benzene rings is 1. The van der Waals surface area contributed by atoms with Crippen LogP contribution in [-0.4, -0.2) is 30.8 Å². The van der Waals surface area contributed by atoms with Gasteiger partial charge in [0, 0.05) is 13.6 Å². The first-order valence-electron chi connectivity index (χ1n) is 5.54. The van der Waals surface area contributed by atoms with E-state index < -0.39 is 0 Å². The van der Waals surface area contributed by atoms with Crippen LogP contribution in [0.15, 0.2) is 12.1 Å². The minimum atomic E-state index is -0.201. The molecule has 0 aliphatic carbocycles. The molecule has 0 aromatic heterocycles. The fraction of sp³-hybridized carbons (Fsp3) is 0.462. The first kappa shape index (κ1) is 13.9. The summed E-state index contributed by atoms with van der Waals surface area (Å²) in [7, 11) is 3.43. The second kappa shape index (κ2) is 5.96. The normalized spacial score (nSPS) is 10.2. The zero-order valence-electron chi connectivity index (χ0n) is 10.8. The monoisotopic (exact) mass is 253 g/mol. The number of carbonyl (C=O) groups excluding carboxylic acids is 1. The van der Waals surface area contributed by atoms with Crippen molar-refractivity contribution < 1.29 is 9.53 Å². The molecular weight excluding hydrogens is 234 g/mol. The van der Waals surface area contributed by atoms with Crippen molar-refractivity contribution in [2.24, 2.45) is 0 Å². The smallest absolute Gasteiger partial charge is 0.278 e. The lowest BCUT2D eigenvalue weighted by atomic mass is 10.0. The van der Waals surface area contributed by atoms with Gasteiger partial charge in [0.05, 0.1) is 7.11 Å². The highest BCUT2D eigenvalue weighted by Crippen LogP contribution is 2.22. The summed E-state index contributed by atoms with van der Waals surface area (Å²) >= 11 is 3.78. The zero-order valence-corrected chi connectivity index (χ0v) is 11.7. The molecule has 1 aromatic carbocycles. The molecule has 0 bridgehead atoms. The predicted molar refractivity (Wildman–Crippen MR) is 73.2 cm³/mol. The van der Waals surface area contributed by atoms with Crippen LogP contribution in [0.25, 0.3) is 0 Å². The molecule has 0 aliphatic heterocycles. The van der Waals surface area contributed by atoms with Gasteiger partial charge >= 0.3 is 0 Å². The van der Waals surface area contributed by atoms with E-state index in [4.69, 9.17) is 4.74 Å². The van der Waals surface area contributed by atoms with E-state index in [9.17, 15) is 4.79 Å². The number of amides is 1. The number of likely N-dealkylation sites (N-methyl/N-ethyl adjacent to an activating group) is 1. The maximum atomic E-state index is 11.0. The van der Waals surface area contributed by atoms with Crippen LogP contribution in [0.3, 0.4) is 0 Å². The van der Waals surface area contributed by atoms with Crippen LogP contribution < -0.4 is 4.74 Å². The number of nitrogens with zero attached hydrogens (tertiary/aromatic N) is 1. The van der Waals surface area contributed by atoms with Crippen LogP contribution in [0.1, 0.15) is 16.7 Å². The molecule has 94 valence electrons. The molecular formula is C13H19NO2S. The highest BCUT2D eigenvalue weighted by atomic mass is 32.1. The van der Waals surface area contributed by atoms with Gasteiger partial charge in [0.2, 0.25) is 0 Å². The van der Waals surface area contributed by atoms with Crippen molar-refractivity contribution in [2.45, 2.75) is 20.3 Å². The molecule has 1 amide bonds. The van der Waals surface area contributed by atoms with E-state index in [2.05, 4.69) is 25.6 Å². The van der Waals surface area contributed by atoms with Gasteiger partial charge in [0.1, 0.15) is 5.75 Å². The van der Waals surface area contributed by atoms with E-state index >= 15 is 0 Å². The van der Waals surface area contributed by atoms with Crippen LogP contribution in [0.2, 0.25) is 0 Å². The Morgan fingerprint density at radius 1 is 1.35 bits per heavy atom. The Kier molecular flexibility index (Phi) is 4.87. The van der Waals surface area contributed by atoms with Gasteiger partial charge in [0.25, 0.3) is 5.24 Å². The molecule has 4 heteroatoms. The topological polar surface area (TPSA) is 29.5 Å². The van der Waals surface area contributed by atoms with Crippen molar-refractivity contribution in [3.05, 3.63) is 28.8 Å². The number of carbonyl (C=O) groups is 1. The third-order valence-electron chi connectivity index (χ3n) is 2.90. The van der Waals surface area contributed by atoms with Crippen LogP contribution in [-0.2, 0) is 6.42 Å². The highest BCUT2D eigenvalue weighted by molar-refractivity contribution is 7.96. The number of hydrogen-bond acceptors (Lipinski definition) is 2. The summed E-state index contributed by atoms with van der Waals surface area (Å²) in [5.74, 6) is 0.907. The van der Waals surface area contributed by atoms with Crippen molar-refractivity contribution in [3.8, 4) is 5.75 Å². The fourth-order valence-corrected chi connectivity index (χ4v) is 1.82. The van der Waals surface area contributed by atoms with Gasteiger partial charge in [-0.05, 0) is 43.0 Å². The Hall–Kier alpha value is -1.16. The third-order valence-corrected chi connectivity index (χ3v) is 3.24. The number of ether oxygens (including phenoxy) is 1. The van der Waals surface area contributed by atoms with E-state index in [1.165, 1.54) is 11.1 Å². The van der Waals surface area contributed by atoms with Crippen LogP contribution >= 0.6 is 12.6 Å². The second-order valence-corrected chi connectivity index (χ2v) is 4.59. The van der Waals surface area contributed by atoms with E-state index in [0.717, 1.165) is 17.7 Å². The first-order valence-corrected chi connectivity index (χ1v) is 5.98. The van der Waals surface area contributed by atoms with Gasteiger partial charge < -0.3 is 9.64 Å². The fourth-order valence-electron chi connectivity index (χ4n) is 1.72. The first-order chi connectivity index (χ1) is 7.95. The standard InChI is InChI=1S/C13H19NO2S/c1-9-8-12(16-4)10(2)7-11(9)5-6-14(3)13(15)17/h7-8H,5-6H2,1-4H3,(H,15,17). The van der Waals surface area contributed by atoms with Crippen molar-refractivity contribution in [1.29, 1.82) is 0 Å². The van der Waals surface area contributed by atoms with Crippen LogP contribution in [0.5, 0.6) is 5.75 Å². The lowest BCUT2D eigenvalue weighted by molar-refractivity contribution is 0.234. The number of thiol groups is 1. The van der Waals surface area contributed by atoms with E-state index in [-0.39, 0.29) is 5.24 Å². The highest BCUT2D eigenvalue weighted by Gasteiger charge is 2.07. The van der Waals surface area contributed by atoms with E-state index in [0.29, 0.717) is 6.54 Å². The molecule has 17 heavy (non-hydrogen) atoms. The third kappa shape index (κ3) is 3.66. The number of methoxy groups -OCH3 is 1. The predicted octanol–water partition coefficient (Wildman–Crippen LogP) is 2.84. The van der Waals surface area contributed by atoms with Gasteiger partial charge in [-0.3, -0.25) is 4.79 Å². The summed E-state index contributed by atoms with van der Waals surface area (Å²) in [6.45, 7) is 4.75. The Balaban J connectivity index is 2.78. The lowest BCUT2D eigenvalue weighted by Gasteiger charge is -2.16. The quantitative estimate of drug-likeness (QED) is 0.836. The number of hydrogen-bond donors (Lipinski definition) is 1. The molecule has 0 heterocycles. The molecule has 1 aromatic rings. The molecule has 3 nitrogen and oxygen atoms in total. The molecule has 0 saturated carbocycles. The molecule has 1 rings (SSSR count). The summed E-state index contributed by atoms with van der Waals surface area (Å²) in [4.78, 5) is 12.6. The number of aryl methyl sites for hydroxylation is 2. The zero-order chi connectivity index (χ0) is 13.0. The number of rotatable bonds is 4. The van der Waals surface area contributed by atoms with Gasteiger partial charge in [0.15, 0.2) is 0 Å². The Morgan fingerprint density at radius 3 is 2.53 bits per heavy atom. The summed E-state index contributed by atoms with van der Waals surface area (Å²) in [6, 6.07) is 4.15. The van der Waals surface area contributed by atoms with Gasteiger partial charge in [-0.1, -0.05) is 18.7 Å². The summed E-state index contributed by atoms with van der Waals surface area (Å²) in [6.07, 6.45) is 0.833. The van der Waals surface area contributed by atoms with Gasteiger partial charge in [-0.15, -0.1) is 0 Å². The summed E-state index contributed by atoms with van der Waals surface area (Å²) < 4.78 is 5.27. The molecule has 0 N–H and O–H groups in total. The molecule has 0 saturated heterocycles. The van der Waals surface area contributed by atoms with Crippen molar-refractivity contribution >= 4 is 17.9 Å².